The second kappa shape index (κ2) is 4.49. The molecule has 1 unspecified atom stereocenters. The van der Waals surface area contributed by atoms with Crippen molar-refractivity contribution in [3.05, 3.63) is 54.1 Å². The van der Waals surface area contributed by atoms with Gasteiger partial charge in [0.05, 0.1) is 14.8 Å². The maximum Gasteiger partial charge on any atom is 0.358 e. The predicted molar refractivity (Wildman–Crippen MR) is 51.7 cm³/mol. The predicted octanol–water partition coefficient (Wildman–Crippen LogP) is 0.771. The number of nitrogens with zero attached hydrogens (tertiary/aromatic N) is 3. The summed E-state index contributed by atoms with van der Waals surface area (Å²) in [7, 11) is 0. The molecule has 0 radical (unpaired) electrons. The van der Waals surface area contributed by atoms with Crippen LogP contribution < -0.4 is 0 Å². The van der Waals surface area contributed by atoms with E-state index in [1.807, 2.05) is 0 Å². The fraction of sp³-hybridized carbons (Fsp3) is 0.143. The van der Waals surface area contributed by atoms with Crippen LogP contribution in [0.2, 0.25) is 0 Å². The van der Waals surface area contributed by atoms with Gasteiger partial charge in [0.1, 0.15) is 5.56 Å². The third-order valence-corrected chi connectivity index (χ3v) is 1.90. The number of rotatable bonds is 4. The van der Waals surface area contributed by atoms with Crippen LogP contribution in [0.15, 0.2) is 18.2 Å². The van der Waals surface area contributed by atoms with Crippen molar-refractivity contribution in [3.63, 3.8) is 0 Å². The van der Waals surface area contributed by atoms with Crippen molar-refractivity contribution in [1.82, 2.24) is 0 Å². The fourth-order valence-corrected chi connectivity index (χ4v) is 1.22. The van der Waals surface area contributed by atoms with Crippen LogP contribution in [-0.4, -0.2) is 19.9 Å². The highest BCUT2D eigenvalue weighted by molar-refractivity contribution is 5.58. The second-order valence-corrected chi connectivity index (χ2v) is 2.89. The monoisotopic (exact) mass is 243 g/mol. The van der Waals surface area contributed by atoms with Crippen molar-refractivity contribution in [1.29, 1.82) is 0 Å². The average Bonchev–Trinajstić information content (AvgIpc) is 2.26. The van der Waals surface area contributed by atoms with Gasteiger partial charge in [-0.25, -0.2) is 0 Å². The number of para-hydroxylation sites is 1. The molecule has 10 nitrogen and oxygen atoms in total. The van der Waals surface area contributed by atoms with Crippen LogP contribution in [0.25, 0.3) is 0 Å². The van der Waals surface area contributed by atoms with E-state index in [-0.39, 0.29) is 0 Å². The van der Waals surface area contributed by atoms with E-state index in [1.54, 1.807) is 0 Å². The molecule has 0 fully saturated rings. The van der Waals surface area contributed by atoms with Gasteiger partial charge in [-0.15, -0.1) is 0 Å². The van der Waals surface area contributed by atoms with E-state index in [4.69, 9.17) is 5.11 Å². The molecule has 1 atom stereocenters. The Morgan fingerprint density at radius 1 is 1.06 bits per heavy atom. The Bertz CT molecular complexity index is 500. The zero-order valence-electron chi connectivity index (χ0n) is 8.05. The number of hydrogen-bond donors (Lipinski definition) is 1. The van der Waals surface area contributed by atoms with Crippen molar-refractivity contribution < 1.29 is 19.9 Å². The minimum atomic E-state index is -2.38. The first-order chi connectivity index (χ1) is 7.86. The van der Waals surface area contributed by atoms with Crippen molar-refractivity contribution >= 4 is 11.4 Å². The van der Waals surface area contributed by atoms with Crippen LogP contribution >= 0.6 is 0 Å². The van der Waals surface area contributed by atoms with Gasteiger partial charge in [0.25, 0.3) is 0 Å². The van der Waals surface area contributed by atoms with Crippen molar-refractivity contribution in [2.75, 3.05) is 0 Å². The number of nitro benzene ring substituents is 2. The molecule has 0 aromatic heterocycles. The van der Waals surface area contributed by atoms with Gasteiger partial charge in [0.15, 0.2) is 0 Å². The first-order valence-corrected chi connectivity index (χ1v) is 4.09. The Balaban J connectivity index is 3.50. The molecule has 1 aromatic carbocycles. The van der Waals surface area contributed by atoms with Crippen molar-refractivity contribution in [2.24, 2.45) is 0 Å². The van der Waals surface area contributed by atoms with Gasteiger partial charge in [0.2, 0.25) is 0 Å². The quantitative estimate of drug-likeness (QED) is 0.465. The lowest BCUT2D eigenvalue weighted by atomic mass is 10.1. The number of nitro groups is 3. The Morgan fingerprint density at radius 3 is 2.06 bits per heavy atom. The molecule has 1 rings (SSSR count). The molecular formula is C7H5N3O7. The lowest BCUT2D eigenvalue weighted by Crippen LogP contribution is -2.12. The summed E-state index contributed by atoms with van der Waals surface area (Å²) in [6, 6.07) is 2.74. The van der Waals surface area contributed by atoms with Crippen LogP contribution in [0.4, 0.5) is 11.4 Å². The Hall–Kier alpha value is -2.62. The smallest absolute Gasteiger partial charge is 0.329 e. The lowest BCUT2D eigenvalue weighted by Gasteiger charge is -2.03. The summed E-state index contributed by atoms with van der Waals surface area (Å²) in [5.41, 5.74) is -2.72. The van der Waals surface area contributed by atoms with E-state index in [0.717, 1.165) is 18.2 Å². The first kappa shape index (κ1) is 12.4. The summed E-state index contributed by atoms with van der Waals surface area (Å²) in [6.07, 6.45) is -2.38. The number of benzene rings is 1. The molecule has 1 N–H and O–H groups in total. The molecule has 0 saturated heterocycles. The van der Waals surface area contributed by atoms with Gasteiger partial charge < -0.3 is 5.11 Å². The van der Waals surface area contributed by atoms with E-state index < -0.39 is 37.9 Å². The molecule has 17 heavy (non-hydrogen) atoms. The van der Waals surface area contributed by atoms with Crippen LogP contribution in [0, 0.1) is 30.3 Å². The average molecular weight is 243 g/mol. The van der Waals surface area contributed by atoms with Crippen LogP contribution in [0.5, 0.6) is 0 Å². The highest BCUT2D eigenvalue weighted by Gasteiger charge is 2.35. The van der Waals surface area contributed by atoms with Gasteiger partial charge in [-0.3, -0.25) is 30.3 Å². The van der Waals surface area contributed by atoms with Crippen molar-refractivity contribution in [3.8, 4) is 0 Å². The Kier molecular flexibility index (Phi) is 3.29. The molecule has 10 heteroatoms. The largest absolute Gasteiger partial charge is 0.358 e. The Morgan fingerprint density at radius 2 is 1.65 bits per heavy atom. The molecule has 0 aliphatic rings. The SMILES string of the molecule is O=[N+]([O-])c1cccc(C(O)[N+](=O)[O-])c1[N+](=O)[O-]. The summed E-state index contributed by atoms with van der Waals surface area (Å²) >= 11 is 0. The van der Waals surface area contributed by atoms with Crippen LogP contribution in [0.1, 0.15) is 11.8 Å². The maximum atomic E-state index is 10.6. The van der Waals surface area contributed by atoms with Gasteiger partial charge in [0, 0.05) is 6.07 Å². The highest BCUT2D eigenvalue weighted by Crippen LogP contribution is 2.34. The first-order valence-electron chi connectivity index (χ1n) is 4.09. The van der Waals surface area contributed by atoms with E-state index in [1.165, 1.54) is 0 Å². The van der Waals surface area contributed by atoms with Gasteiger partial charge >= 0.3 is 17.6 Å². The zero-order valence-corrected chi connectivity index (χ0v) is 8.05. The van der Waals surface area contributed by atoms with E-state index in [2.05, 4.69) is 0 Å². The summed E-state index contributed by atoms with van der Waals surface area (Å²) in [4.78, 5) is 28.1. The third-order valence-electron chi connectivity index (χ3n) is 1.90. The normalized spacial score (nSPS) is 11.8. The molecule has 90 valence electrons. The number of hydrogen-bond acceptors (Lipinski definition) is 7. The fourth-order valence-electron chi connectivity index (χ4n) is 1.22. The second-order valence-electron chi connectivity index (χ2n) is 2.89. The minimum Gasteiger partial charge on any atom is -0.329 e. The summed E-state index contributed by atoms with van der Waals surface area (Å²) < 4.78 is 0. The number of aliphatic hydroxyl groups excluding tert-OH is 1. The summed E-state index contributed by atoms with van der Waals surface area (Å²) in [5.74, 6) is 0. The van der Waals surface area contributed by atoms with E-state index >= 15 is 0 Å². The molecule has 0 aliphatic heterocycles. The maximum absolute atomic E-state index is 10.6. The molecular weight excluding hydrogens is 238 g/mol. The molecule has 1 aromatic rings. The van der Waals surface area contributed by atoms with Gasteiger partial charge in [-0.05, 0) is 6.07 Å². The lowest BCUT2D eigenvalue weighted by molar-refractivity contribution is -0.579. The van der Waals surface area contributed by atoms with Crippen molar-refractivity contribution in [2.45, 2.75) is 6.23 Å². The Labute approximate surface area is 92.5 Å². The van der Waals surface area contributed by atoms with E-state index in [0.29, 0.717) is 0 Å². The number of aliphatic hydroxyl groups is 1. The molecule has 0 heterocycles. The van der Waals surface area contributed by atoms with E-state index in [9.17, 15) is 30.3 Å². The highest BCUT2D eigenvalue weighted by atomic mass is 16.7. The molecule has 0 amide bonds. The standard InChI is InChI=1S/C7H5N3O7/c11-7(10(16)17)4-2-1-3-5(8(12)13)6(4)9(14)15/h1-3,7,11H. The molecule has 0 aliphatic carbocycles. The minimum absolute atomic E-state index is 0.728. The van der Waals surface area contributed by atoms with Crippen LogP contribution in [0.3, 0.4) is 0 Å². The summed E-state index contributed by atoms with van der Waals surface area (Å²) in [5, 5.41) is 40.6. The van der Waals surface area contributed by atoms with Crippen LogP contribution in [-0.2, 0) is 0 Å². The molecule has 0 spiro atoms. The van der Waals surface area contributed by atoms with Gasteiger partial charge in [-0.2, -0.15) is 0 Å². The molecule has 0 bridgehead atoms. The third kappa shape index (κ3) is 2.31. The summed E-state index contributed by atoms with van der Waals surface area (Å²) in [6.45, 7) is 0. The molecule has 0 saturated carbocycles. The van der Waals surface area contributed by atoms with Gasteiger partial charge in [-0.1, -0.05) is 6.07 Å². The zero-order chi connectivity index (χ0) is 13.2. The topological polar surface area (TPSA) is 150 Å².